The van der Waals surface area contributed by atoms with E-state index in [-0.39, 0.29) is 11.3 Å². The van der Waals surface area contributed by atoms with Crippen LogP contribution in [0.5, 0.6) is 5.75 Å². The largest absolute Gasteiger partial charge is 0.496 e. The Balaban J connectivity index is 3.10. The molecule has 0 spiro atoms. The van der Waals surface area contributed by atoms with Gasteiger partial charge in [0.25, 0.3) is 6.43 Å². The van der Waals surface area contributed by atoms with Crippen LogP contribution in [0, 0.1) is 0 Å². The number of aliphatic hydroxyl groups excluding tert-OH is 1. The van der Waals surface area contributed by atoms with Crippen LogP contribution in [0.1, 0.15) is 24.5 Å². The van der Waals surface area contributed by atoms with Crippen molar-refractivity contribution in [1.29, 1.82) is 0 Å². The predicted molar refractivity (Wildman–Crippen MR) is 53.3 cm³/mol. The number of methoxy groups -OCH3 is 1. The van der Waals surface area contributed by atoms with Crippen molar-refractivity contribution in [2.45, 2.75) is 25.9 Å². The summed E-state index contributed by atoms with van der Waals surface area (Å²) in [5, 5.41) is 9.21. The average molecular weight is 216 g/mol. The second-order valence-corrected chi connectivity index (χ2v) is 3.39. The second-order valence-electron chi connectivity index (χ2n) is 3.39. The summed E-state index contributed by atoms with van der Waals surface area (Å²) in [7, 11) is 1.35. The van der Waals surface area contributed by atoms with Crippen LogP contribution < -0.4 is 4.74 Å². The van der Waals surface area contributed by atoms with Crippen LogP contribution in [-0.2, 0) is 6.42 Å². The number of alkyl halides is 2. The van der Waals surface area contributed by atoms with Crippen molar-refractivity contribution >= 4 is 0 Å². The first-order chi connectivity index (χ1) is 7.06. The molecule has 1 aromatic carbocycles. The van der Waals surface area contributed by atoms with Gasteiger partial charge in [-0.15, -0.1) is 0 Å². The fourth-order valence-electron chi connectivity index (χ4n) is 1.50. The van der Waals surface area contributed by atoms with Crippen LogP contribution in [0.2, 0.25) is 0 Å². The lowest BCUT2D eigenvalue weighted by Gasteiger charge is -2.13. The minimum atomic E-state index is -2.56. The Kier molecular flexibility index (Phi) is 4.03. The van der Waals surface area contributed by atoms with Gasteiger partial charge in [0.15, 0.2) is 0 Å². The molecular weight excluding hydrogens is 202 g/mol. The lowest BCUT2D eigenvalue weighted by atomic mass is 10.0. The van der Waals surface area contributed by atoms with Crippen molar-refractivity contribution < 1.29 is 18.6 Å². The lowest BCUT2D eigenvalue weighted by Crippen LogP contribution is -2.07. The van der Waals surface area contributed by atoms with E-state index in [4.69, 9.17) is 4.74 Å². The molecule has 0 aliphatic heterocycles. The van der Waals surface area contributed by atoms with Crippen molar-refractivity contribution in [1.82, 2.24) is 0 Å². The molecule has 0 amide bonds. The summed E-state index contributed by atoms with van der Waals surface area (Å²) in [5.41, 5.74) is 0.473. The molecule has 0 fully saturated rings. The van der Waals surface area contributed by atoms with Gasteiger partial charge >= 0.3 is 0 Å². The van der Waals surface area contributed by atoms with Crippen LogP contribution in [0.3, 0.4) is 0 Å². The maximum atomic E-state index is 12.6. The zero-order valence-corrected chi connectivity index (χ0v) is 8.71. The molecular formula is C11H14F2O2. The van der Waals surface area contributed by atoms with Gasteiger partial charge in [-0.25, -0.2) is 8.78 Å². The summed E-state index contributed by atoms with van der Waals surface area (Å²) in [5.74, 6) is 0.174. The maximum Gasteiger partial charge on any atom is 0.267 e. The van der Waals surface area contributed by atoms with Gasteiger partial charge < -0.3 is 9.84 Å². The summed E-state index contributed by atoms with van der Waals surface area (Å²) in [6.07, 6.45) is -2.83. The van der Waals surface area contributed by atoms with Gasteiger partial charge in [0.2, 0.25) is 0 Å². The van der Waals surface area contributed by atoms with Gasteiger partial charge in [-0.2, -0.15) is 0 Å². The van der Waals surface area contributed by atoms with Gasteiger partial charge in [0, 0.05) is 6.42 Å². The van der Waals surface area contributed by atoms with Gasteiger partial charge in [-0.05, 0) is 18.6 Å². The van der Waals surface area contributed by atoms with E-state index < -0.39 is 12.5 Å². The normalized spacial score (nSPS) is 12.9. The number of hydrogen-bond acceptors (Lipinski definition) is 2. The molecule has 4 heteroatoms. The smallest absolute Gasteiger partial charge is 0.267 e. The molecule has 0 radical (unpaired) electrons. The molecule has 84 valence electrons. The van der Waals surface area contributed by atoms with E-state index in [0.29, 0.717) is 12.0 Å². The van der Waals surface area contributed by atoms with Crippen LogP contribution >= 0.6 is 0 Å². The van der Waals surface area contributed by atoms with Gasteiger partial charge in [0.05, 0.1) is 18.8 Å². The molecule has 2 nitrogen and oxygen atoms in total. The van der Waals surface area contributed by atoms with E-state index in [1.54, 1.807) is 19.1 Å². The minimum Gasteiger partial charge on any atom is -0.496 e. The summed E-state index contributed by atoms with van der Waals surface area (Å²) in [4.78, 5) is 0. The first-order valence-corrected chi connectivity index (χ1v) is 4.68. The number of halogens is 2. The van der Waals surface area contributed by atoms with Crippen molar-refractivity contribution in [3.05, 3.63) is 29.3 Å². The van der Waals surface area contributed by atoms with E-state index >= 15 is 0 Å². The Morgan fingerprint density at radius 1 is 1.40 bits per heavy atom. The van der Waals surface area contributed by atoms with Crippen molar-refractivity contribution in [2.24, 2.45) is 0 Å². The van der Waals surface area contributed by atoms with E-state index in [2.05, 4.69) is 0 Å². The van der Waals surface area contributed by atoms with Crippen molar-refractivity contribution in [2.75, 3.05) is 7.11 Å². The van der Waals surface area contributed by atoms with Crippen LogP contribution in [0.4, 0.5) is 8.78 Å². The van der Waals surface area contributed by atoms with Crippen molar-refractivity contribution in [3.63, 3.8) is 0 Å². The molecule has 1 atom stereocenters. The molecule has 0 aliphatic carbocycles. The van der Waals surface area contributed by atoms with Crippen LogP contribution in [0.25, 0.3) is 0 Å². The number of benzene rings is 1. The monoisotopic (exact) mass is 216 g/mol. The highest BCUT2D eigenvalue weighted by Crippen LogP contribution is 2.32. The highest BCUT2D eigenvalue weighted by Gasteiger charge is 2.17. The molecule has 0 heterocycles. The number of aliphatic hydroxyl groups is 1. The number of hydrogen-bond donors (Lipinski definition) is 1. The van der Waals surface area contributed by atoms with Crippen molar-refractivity contribution in [3.8, 4) is 5.75 Å². The Morgan fingerprint density at radius 2 is 2.07 bits per heavy atom. The highest BCUT2D eigenvalue weighted by atomic mass is 19.3. The molecule has 0 aromatic heterocycles. The maximum absolute atomic E-state index is 12.6. The fourth-order valence-corrected chi connectivity index (χ4v) is 1.50. The first kappa shape index (κ1) is 11.9. The molecule has 1 unspecified atom stereocenters. The molecule has 0 saturated carbocycles. The number of para-hydroxylation sites is 1. The van der Waals surface area contributed by atoms with Gasteiger partial charge in [-0.1, -0.05) is 12.1 Å². The van der Waals surface area contributed by atoms with Crippen LogP contribution in [0.15, 0.2) is 18.2 Å². The standard InChI is InChI=1S/C11H14F2O2/c1-7(14)6-8-4-3-5-9(11(12)13)10(8)15-2/h3-5,7,11,14H,6H2,1-2H3. The zero-order valence-electron chi connectivity index (χ0n) is 8.71. The first-order valence-electron chi connectivity index (χ1n) is 4.68. The third-order valence-electron chi connectivity index (χ3n) is 2.08. The number of ether oxygens (including phenoxy) is 1. The summed E-state index contributed by atoms with van der Waals surface area (Å²) >= 11 is 0. The van der Waals surface area contributed by atoms with E-state index in [9.17, 15) is 13.9 Å². The highest BCUT2D eigenvalue weighted by molar-refractivity contribution is 5.42. The molecule has 15 heavy (non-hydrogen) atoms. The number of rotatable bonds is 4. The SMILES string of the molecule is COc1c(CC(C)O)cccc1C(F)F. The zero-order chi connectivity index (χ0) is 11.4. The molecule has 0 aliphatic rings. The van der Waals surface area contributed by atoms with Gasteiger partial charge in [-0.3, -0.25) is 0 Å². The molecule has 1 aromatic rings. The molecule has 1 N–H and O–H groups in total. The third kappa shape index (κ3) is 2.89. The lowest BCUT2D eigenvalue weighted by molar-refractivity contribution is 0.146. The third-order valence-corrected chi connectivity index (χ3v) is 2.08. The van der Waals surface area contributed by atoms with E-state index in [0.717, 1.165) is 0 Å². The Labute approximate surface area is 87.5 Å². The quantitative estimate of drug-likeness (QED) is 0.838. The van der Waals surface area contributed by atoms with E-state index in [1.165, 1.54) is 13.2 Å². The summed E-state index contributed by atoms with van der Waals surface area (Å²) in [6.45, 7) is 1.61. The molecule has 0 bridgehead atoms. The van der Waals surface area contributed by atoms with E-state index in [1.807, 2.05) is 0 Å². The predicted octanol–water partition coefficient (Wildman–Crippen LogP) is 2.56. The summed E-state index contributed by atoms with van der Waals surface area (Å²) in [6, 6.07) is 4.55. The van der Waals surface area contributed by atoms with Crippen LogP contribution in [-0.4, -0.2) is 18.3 Å². The molecule has 0 saturated heterocycles. The fraction of sp³-hybridized carbons (Fsp3) is 0.455. The summed E-state index contributed by atoms with van der Waals surface area (Å²) < 4.78 is 30.1. The Morgan fingerprint density at radius 3 is 2.53 bits per heavy atom. The Bertz CT molecular complexity index is 324. The molecule has 1 rings (SSSR count). The van der Waals surface area contributed by atoms with Gasteiger partial charge in [0.1, 0.15) is 5.75 Å². The Hall–Kier alpha value is -1.16. The average Bonchev–Trinajstić information content (AvgIpc) is 2.16. The minimum absolute atomic E-state index is 0.129. The second kappa shape index (κ2) is 5.07. The topological polar surface area (TPSA) is 29.5 Å².